The van der Waals surface area contributed by atoms with Crippen molar-refractivity contribution < 1.29 is 4.79 Å². The zero-order chi connectivity index (χ0) is 10.1. The van der Waals surface area contributed by atoms with E-state index in [-0.39, 0.29) is 5.91 Å². The summed E-state index contributed by atoms with van der Waals surface area (Å²) in [6.45, 7) is 2.83. The van der Waals surface area contributed by atoms with Crippen molar-refractivity contribution in [3.63, 3.8) is 0 Å². The number of halogens is 1. The van der Waals surface area contributed by atoms with E-state index in [1.54, 1.807) is 0 Å². The zero-order valence-corrected chi connectivity index (χ0v) is 9.60. The van der Waals surface area contributed by atoms with Crippen molar-refractivity contribution in [3.8, 4) is 0 Å². The summed E-state index contributed by atoms with van der Waals surface area (Å²) in [4.78, 5) is 11.1. The standard InChI is InChI=1S/C11H12BrNO/c1-7-2-3-10(12)9(4-7)8-5-11(14)13-6-8/h2-4,8H,5-6H2,1H3,(H,13,14). The second-order valence-corrected chi connectivity index (χ2v) is 4.58. The minimum Gasteiger partial charge on any atom is -0.355 e. The molecule has 0 aliphatic carbocycles. The van der Waals surface area contributed by atoms with Gasteiger partial charge in [-0.3, -0.25) is 4.79 Å². The second kappa shape index (κ2) is 3.73. The zero-order valence-electron chi connectivity index (χ0n) is 8.01. The number of amides is 1. The molecule has 0 aromatic heterocycles. The van der Waals surface area contributed by atoms with Crippen LogP contribution in [0.4, 0.5) is 0 Å². The molecule has 1 aliphatic rings. The summed E-state index contributed by atoms with van der Waals surface area (Å²) >= 11 is 3.52. The van der Waals surface area contributed by atoms with Gasteiger partial charge >= 0.3 is 0 Å². The largest absolute Gasteiger partial charge is 0.355 e. The lowest BCUT2D eigenvalue weighted by Gasteiger charge is -2.10. The Labute approximate surface area is 91.8 Å². The van der Waals surface area contributed by atoms with Crippen LogP contribution >= 0.6 is 15.9 Å². The van der Waals surface area contributed by atoms with Crippen LogP contribution in [-0.4, -0.2) is 12.5 Å². The van der Waals surface area contributed by atoms with Crippen molar-refractivity contribution >= 4 is 21.8 Å². The van der Waals surface area contributed by atoms with Crippen LogP contribution in [0.1, 0.15) is 23.5 Å². The molecule has 1 amide bonds. The Morgan fingerprint density at radius 3 is 2.93 bits per heavy atom. The van der Waals surface area contributed by atoms with Crippen molar-refractivity contribution in [1.82, 2.24) is 5.32 Å². The molecule has 74 valence electrons. The van der Waals surface area contributed by atoms with E-state index in [1.165, 1.54) is 11.1 Å². The molecule has 0 bridgehead atoms. The van der Waals surface area contributed by atoms with E-state index in [0.717, 1.165) is 11.0 Å². The summed E-state index contributed by atoms with van der Waals surface area (Å²) in [5.74, 6) is 0.486. The Hall–Kier alpha value is -0.830. The van der Waals surface area contributed by atoms with Gasteiger partial charge in [0.25, 0.3) is 0 Å². The van der Waals surface area contributed by atoms with Crippen LogP contribution < -0.4 is 5.32 Å². The fraction of sp³-hybridized carbons (Fsp3) is 0.364. The van der Waals surface area contributed by atoms with Gasteiger partial charge < -0.3 is 5.32 Å². The van der Waals surface area contributed by atoms with Crippen LogP contribution in [0, 0.1) is 6.92 Å². The van der Waals surface area contributed by atoms with E-state index < -0.39 is 0 Å². The molecule has 1 aliphatic heterocycles. The molecule has 1 unspecified atom stereocenters. The molecule has 0 saturated carbocycles. The Bertz CT molecular complexity index is 376. The van der Waals surface area contributed by atoms with E-state index in [1.807, 2.05) is 6.07 Å². The molecule has 0 radical (unpaired) electrons. The van der Waals surface area contributed by atoms with Gasteiger partial charge in [0.15, 0.2) is 0 Å². The molecule has 1 aromatic carbocycles. The summed E-state index contributed by atoms with van der Waals surface area (Å²) < 4.78 is 1.10. The maximum atomic E-state index is 11.1. The normalized spacial score (nSPS) is 21.0. The van der Waals surface area contributed by atoms with E-state index in [0.29, 0.717) is 12.3 Å². The molecular weight excluding hydrogens is 242 g/mol. The fourth-order valence-corrected chi connectivity index (χ4v) is 2.37. The molecule has 14 heavy (non-hydrogen) atoms. The van der Waals surface area contributed by atoms with Crippen LogP contribution in [-0.2, 0) is 4.79 Å². The van der Waals surface area contributed by atoms with E-state index in [2.05, 4.69) is 40.3 Å². The lowest BCUT2D eigenvalue weighted by Crippen LogP contribution is -2.13. The molecule has 2 rings (SSSR count). The minimum atomic E-state index is 0.156. The summed E-state index contributed by atoms with van der Waals surface area (Å²) in [6.07, 6.45) is 0.613. The lowest BCUT2D eigenvalue weighted by atomic mass is 9.97. The van der Waals surface area contributed by atoms with Crippen LogP contribution in [0.5, 0.6) is 0 Å². The summed E-state index contributed by atoms with van der Waals surface area (Å²) in [6, 6.07) is 6.26. The van der Waals surface area contributed by atoms with Gasteiger partial charge in [-0.15, -0.1) is 0 Å². The van der Waals surface area contributed by atoms with Gasteiger partial charge in [-0.25, -0.2) is 0 Å². The highest BCUT2D eigenvalue weighted by Crippen LogP contribution is 2.30. The van der Waals surface area contributed by atoms with Crippen molar-refractivity contribution in [2.24, 2.45) is 0 Å². The van der Waals surface area contributed by atoms with E-state index in [9.17, 15) is 4.79 Å². The van der Waals surface area contributed by atoms with Crippen molar-refractivity contribution in [3.05, 3.63) is 33.8 Å². The van der Waals surface area contributed by atoms with Crippen LogP contribution in [0.15, 0.2) is 22.7 Å². The molecule has 2 nitrogen and oxygen atoms in total. The van der Waals surface area contributed by atoms with Gasteiger partial charge in [0.1, 0.15) is 0 Å². The Balaban J connectivity index is 2.31. The first-order valence-corrected chi connectivity index (χ1v) is 5.49. The monoisotopic (exact) mass is 253 g/mol. The average Bonchev–Trinajstić information content (AvgIpc) is 2.56. The number of nitrogens with one attached hydrogen (secondary N) is 1. The Morgan fingerprint density at radius 2 is 2.29 bits per heavy atom. The smallest absolute Gasteiger partial charge is 0.220 e. The number of carbonyl (C=O) groups is 1. The number of hydrogen-bond acceptors (Lipinski definition) is 1. The predicted molar refractivity (Wildman–Crippen MR) is 59.2 cm³/mol. The highest BCUT2D eigenvalue weighted by Gasteiger charge is 2.24. The Kier molecular flexibility index (Phi) is 2.59. The molecule has 1 N–H and O–H groups in total. The van der Waals surface area contributed by atoms with Gasteiger partial charge in [0.05, 0.1) is 0 Å². The number of benzene rings is 1. The van der Waals surface area contributed by atoms with Crippen molar-refractivity contribution in [2.45, 2.75) is 19.3 Å². The third-order valence-electron chi connectivity index (χ3n) is 2.57. The first-order valence-electron chi connectivity index (χ1n) is 4.69. The van der Waals surface area contributed by atoms with E-state index >= 15 is 0 Å². The Morgan fingerprint density at radius 1 is 1.50 bits per heavy atom. The summed E-state index contributed by atoms with van der Waals surface area (Å²) in [7, 11) is 0. The molecule has 1 aromatic rings. The highest BCUT2D eigenvalue weighted by molar-refractivity contribution is 9.10. The molecule has 1 atom stereocenters. The van der Waals surface area contributed by atoms with Gasteiger partial charge in [0, 0.05) is 23.4 Å². The summed E-state index contributed by atoms with van der Waals surface area (Å²) in [5.41, 5.74) is 2.48. The minimum absolute atomic E-state index is 0.156. The van der Waals surface area contributed by atoms with Gasteiger partial charge in [-0.2, -0.15) is 0 Å². The lowest BCUT2D eigenvalue weighted by molar-refractivity contribution is -0.119. The van der Waals surface area contributed by atoms with Gasteiger partial charge in [-0.05, 0) is 18.6 Å². The molecule has 1 fully saturated rings. The molecule has 1 saturated heterocycles. The van der Waals surface area contributed by atoms with Crippen LogP contribution in [0.3, 0.4) is 0 Å². The average molecular weight is 254 g/mol. The number of aryl methyl sites for hydroxylation is 1. The molecule has 1 heterocycles. The third kappa shape index (κ3) is 1.82. The number of hydrogen-bond donors (Lipinski definition) is 1. The van der Waals surface area contributed by atoms with Crippen LogP contribution in [0.2, 0.25) is 0 Å². The van der Waals surface area contributed by atoms with Crippen molar-refractivity contribution in [1.29, 1.82) is 0 Å². The number of carbonyl (C=O) groups excluding carboxylic acids is 1. The highest BCUT2D eigenvalue weighted by atomic mass is 79.9. The first kappa shape index (κ1) is 9.71. The maximum absolute atomic E-state index is 11.1. The van der Waals surface area contributed by atoms with Gasteiger partial charge in [-0.1, -0.05) is 33.6 Å². The summed E-state index contributed by atoms with van der Waals surface area (Å²) in [5, 5.41) is 2.85. The predicted octanol–water partition coefficient (Wildman–Crippen LogP) is 2.36. The first-order chi connectivity index (χ1) is 6.66. The topological polar surface area (TPSA) is 29.1 Å². The van der Waals surface area contributed by atoms with Gasteiger partial charge in [0.2, 0.25) is 5.91 Å². The molecule has 0 spiro atoms. The SMILES string of the molecule is Cc1ccc(Br)c(C2CNC(=O)C2)c1. The third-order valence-corrected chi connectivity index (χ3v) is 3.29. The van der Waals surface area contributed by atoms with Crippen molar-refractivity contribution in [2.75, 3.05) is 6.54 Å². The fourth-order valence-electron chi connectivity index (χ4n) is 1.80. The quantitative estimate of drug-likeness (QED) is 0.818. The number of rotatable bonds is 1. The second-order valence-electron chi connectivity index (χ2n) is 3.73. The maximum Gasteiger partial charge on any atom is 0.220 e. The molecular formula is C11H12BrNO. The molecule has 3 heteroatoms. The van der Waals surface area contributed by atoms with Crippen LogP contribution in [0.25, 0.3) is 0 Å². The van der Waals surface area contributed by atoms with E-state index in [4.69, 9.17) is 0 Å².